The first-order chi connectivity index (χ1) is 13.2. The quantitative estimate of drug-likeness (QED) is 0.763. The van der Waals surface area contributed by atoms with Crippen LogP contribution in [0.15, 0.2) is 48.9 Å². The lowest BCUT2D eigenvalue weighted by Crippen LogP contribution is -2.30. The van der Waals surface area contributed by atoms with E-state index in [1.165, 1.54) is 11.1 Å². The molecule has 0 unspecified atom stereocenters. The Balaban J connectivity index is 1.68. The number of nitrogens with zero attached hydrogens (tertiary/aromatic N) is 3. The van der Waals surface area contributed by atoms with Crippen molar-refractivity contribution in [2.24, 2.45) is 7.05 Å². The van der Waals surface area contributed by atoms with Gasteiger partial charge in [-0.2, -0.15) is 5.10 Å². The minimum atomic E-state index is 0.0716. The highest BCUT2D eigenvalue weighted by Gasteiger charge is 2.24. The van der Waals surface area contributed by atoms with E-state index in [1.54, 1.807) is 0 Å². The Morgan fingerprint density at radius 2 is 1.96 bits per heavy atom. The van der Waals surface area contributed by atoms with Crippen LogP contribution in [-0.2, 0) is 18.3 Å². The minimum absolute atomic E-state index is 0.0716. The summed E-state index contributed by atoms with van der Waals surface area (Å²) in [5.74, 6) is 0.0961. The van der Waals surface area contributed by atoms with Crippen LogP contribution in [0.25, 0.3) is 22.4 Å². The summed E-state index contributed by atoms with van der Waals surface area (Å²) in [5.41, 5.74) is 7.04. The Morgan fingerprint density at radius 3 is 2.67 bits per heavy atom. The Morgan fingerprint density at radius 1 is 1.19 bits per heavy atom. The van der Waals surface area contributed by atoms with Crippen molar-refractivity contribution < 1.29 is 4.79 Å². The van der Waals surface area contributed by atoms with E-state index in [-0.39, 0.29) is 11.9 Å². The molecule has 2 aromatic heterocycles. The molecular weight excluding hydrogens is 336 g/mol. The Labute approximate surface area is 159 Å². The van der Waals surface area contributed by atoms with Gasteiger partial charge in [-0.1, -0.05) is 31.2 Å². The fourth-order valence-electron chi connectivity index (χ4n) is 3.89. The smallest absolute Gasteiger partial charge is 0.220 e. The van der Waals surface area contributed by atoms with Crippen molar-refractivity contribution in [3.8, 4) is 22.4 Å². The molecule has 0 spiro atoms. The number of benzene rings is 1. The first-order valence-electron chi connectivity index (χ1n) is 9.52. The molecule has 3 aromatic rings. The number of carbonyl (C=O) groups excluding carboxylic acids is 1. The number of aromatic nitrogens is 3. The predicted octanol–water partition coefficient (Wildman–Crippen LogP) is 4.05. The third-order valence-corrected chi connectivity index (χ3v) is 5.35. The predicted molar refractivity (Wildman–Crippen MR) is 106 cm³/mol. The molecule has 5 heteroatoms. The Hall–Kier alpha value is -2.95. The van der Waals surface area contributed by atoms with Gasteiger partial charge in [0.2, 0.25) is 5.91 Å². The zero-order valence-corrected chi connectivity index (χ0v) is 15.8. The molecule has 1 amide bonds. The monoisotopic (exact) mass is 360 g/mol. The lowest BCUT2D eigenvalue weighted by molar-refractivity contribution is -0.121. The van der Waals surface area contributed by atoms with Crippen LogP contribution < -0.4 is 5.32 Å². The molecule has 0 aliphatic heterocycles. The number of amides is 1. The summed E-state index contributed by atoms with van der Waals surface area (Å²) in [5, 5.41) is 7.39. The third-order valence-electron chi connectivity index (χ3n) is 5.35. The van der Waals surface area contributed by atoms with Crippen LogP contribution in [0.1, 0.15) is 43.4 Å². The average molecular weight is 360 g/mol. The van der Waals surface area contributed by atoms with E-state index in [0.29, 0.717) is 6.42 Å². The number of hydrogen-bond donors (Lipinski definition) is 1. The maximum absolute atomic E-state index is 11.9. The van der Waals surface area contributed by atoms with Gasteiger partial charge in [0, 0.05) is 37.6 Å². The number of carbonyl (C=O) groups is 1. The van der Waals surface area contributed by atoms with Crippen molar-refractivity contribution >= 4 is 5.91 Å². The zero-order valence-electron chi connectivity index (χ0n) is 15.8. The molecule has 5 nitrogen and oxygen atoms in total. The summed E-state index contributed by atoms with van der Waals surface area (Å²) >= 11 is 0. The molecule has 27 heavy (non-hydrogen) atoms. The first-order valence-corrected chi connectivity index (χ1v) is 9.52. The largest absolute Gasteiger partial charge is 0.349 e. The third kappa shape index (κ3) is 3.37. The molecule has 1 aromatic carbocycles. The van der Waals surface area contributed by atoms with Crippen molar-refractivity contribution in [1.29, 1.82) is 0 Å². The van der Waals surface area contributed by atoms with Crippen molar-refractivity contribution in [1.82, 2.24) is 20.1 Å². The Kier molecular flexibility index (Phi) is 4.75. The van der Waals surface area contributed by atoms with Gasteiger partial charge in [-0.3, -0.25) is 14.5 Å². The molecule has 0 bridgehead atoms. The van der Waals surface area contributed by atoms with Crippen LogP contribution in [0.5, 0.6) is 0 Å². The summed E-state index contributed by atoms with van der Waals surface area (Å²) < 4.78 is 1.88. The van der Waals surface area contributed by atoms with Gasteiger partial charge in [-0.25, -0.2) is 0 Å². The molecule has 138 valence electrons. The second-order valence-electron chi connectivity index (χ2n) is 7.04. The maximum atomic E-state index is 11.9. The molecule has 1 atom stereocenters. The Bertz CT molecular complexity index is 959. The van der Waals surface area contributed by atoms with Crippen LogP contribution in [-0.4, -0.2) is 20.7 Å². The summed E-state index contributed by atoms with van der Waals surface area (Å²) in [4.78, 5) is 16.4. The summed E-state index contributed by atoms with van der Waals surface area (Å²) in [7, 11) is 1.95. The average Bonchev–Trinajstić information content (AvgIpc) is 3.14. The van der Waals surface area contributed by atoms with E-state index in [1.807, 2.05) is 43.3 Å². The molecule has 1 aliphatic rings. The van der Waals surface area contributed by atoms with Crippen molar-refractivity contribution in [2.75, 3.05) is 0 Å². The van der Waals surface area contributed by atoms with Gasteiger partial charge in [0.05, 0.1) is 11.7 Å². The van der Waals surface area contributed by atoms with Crippen LogP contribution in [0, 0.1) is 0 Å². The van der Waals surface area contributed by atoms with Crippen molar-refractivity contribution in [2.45, 2.75) is 38.6 Å². The van der Waals surface area contributed by atoms with Gasteiger partial charge >= 0.3 is 0 Å². The van der Waals surface area contributed by atoms with E-state index in [9.17, 15) is 4.79 Å². The van der Waals surface area contributed by atoms with Crippen LogP contribution in [0.4, 0.5) is 0 Å². The molecule has 2 heterocycles. The van der Waals surface area contributed by atoms with Crippen molar-refractivity contribution in [3.05, 3.63) is 60.0 Å². The first kappa shape index (κ1) is 17.5. The molecule has 0 saturated heterocycles. The van der Waals surface area contributed by atoms with Crippen LogP contribution in [0.3, 0.4) is 0 Å². The fraction of sp³-hybridized carbons (Fsp3) is 0.318. The number of aryl methyl sites for hydroxylation is 1. The minimum Gasteiger partial charge on any atom is -0.349 e. The van der Waals surface area contributed by atoms with Gasteiger partial charge in [0.15, 0.2) is 0 Å². The van der Waals surface area contributed by atoms with Gasteiger partial charge in [0.1, 0.15) is 0 Å². The van der Waals surface area contributed by atoms with Gasteiger partial charge in [0.25, 0.3) is 0 Å². The zero-order chi connectivity index (χ0) is 18.8. The van der Waals surface area contributed by atoms with Gasteiger partial charge in [-0.15, -0.1) is 0 Å². The van der Waals surface area contributed by atoms with E-state index in [4.69, 9.17) is 0 Å². The number of fused-ring (bicyclic) bond motifs is 1. The molecular formula is C22H24N4O. The van der Waals surface area contributed by atoms with E-state index in [2.05, 4.69) is 39.7 Å². The normalized spacial score (nSPS) is 16.0. The molecule has 0 fully saturated rings. The SMILES string of the molecule is CCC(=O)N[C@@H]1CCCc2c(-c3ccc(-c4ccnn4C)cc3)cncc21. The highest BCUT2D eigenvalue weighted by Crippen LogP contribution is 2.36. The summed E-state index contributed by atoms with van der Waals surface area (Å²) in [6, 6.07) is 10.6. The number of nitrogens with one attached hydrogen (secondary N) is 1. The fourth-order valence-corrected chi connectivity index (χ4v) is 3.89. The summed E-state index contributed by atoms with van der Waals surface area (Å²) in [6.45, 7) is 1.89. The molecule has 1 N–H and O–H groups in total. The molecule has 0 saturated carbocycles. The van der Waals surface area contributed by atoms with Crippen molar-refractivity contribution in [3.63, 3.8) is 0 Å². The topological polar surface area (TPSA) is 59.8 Å². The van der Waals surface area contributed by atoms with E-state index in [0.717, 1.165) is 41.6 Å². The second-order valence-corrected chi connectivity index (χ2v) is 7.04. The van der Waals surface area contributed by atoms with Crippen LogP contribution >= 0.6 is 0 Å². The lowest BCUT2D eigenvalue weighted by atomic mass is 9.84. The van der Waals surface area contributed by atoms with E-state index >= 15 is 0 Å². The number of rotatable bonds is 4. The highest BCUT2D eigenvalue weighted by molar-refractivity contribution is 5.77. The second kappa shape index (κ2) is 7.35. The maximum Gasteiger partial charge on any atom is 0.220 e. The van der Waals surface area contributed by atoms with Crippen LogP contribution in [0.2, 0.25) is 0 Å². The lowest BCUT2D eigenvalue weighted by Gasteiger charge is -2.27. The standard InChI is InChI=1S/C22H24N4O/c1-3-22(27)25-20-6-4-5-17-18(13-23-14-19(17)20)15-7-9-16(10-8-15)21-11-12-24-26(21)2/h7-14,20H,3-6H2,1-2H3,(H,25,27)/t20-/m1/s1. The number of hydrogen-bond acceptors (Lipinski definition) is 3. The van der Waals surface area contributed by atoms with Gasteiger partial charge < -0.3 is 5.32 Å². The molecule has 4 rings (SSSR count). The highest BCUT2D eigenvalue weighted by atomic mass is 16.1. The number of pyridine rings is 1. The molecule has 0 radical (unpaired) electrons. The molecule has 1 aliphatic carbocycles. The summed E-state index contributed by atoms with van der Waals surface area (Å²) in [6.07, 6.45) is 9.26. The van der Waals surface area contributed by atoms with Gasteiger partial charge in [-0.05, 0) is 47.6 Å². The van der Waals surface area contributed by atoms with E-state index < -0.39 is 0 Å².